The van der Waals surface area contributed by atoms with Crippen LogP contribution in [0.4, 0.5) is 9.59 Å². The molecule has 6 heteroatoms. The minimum absolute atomic E-state index is 0.204. The van der Waals surface area contributed by atoms with Crippen LogP contribution in [-0.2, 0) is 4.74 Å². The number of rotatable bonds is 1. The lowest BCUT2D eigenvalue weighted by Crippen LogP contribution is -2.47. The van der Waals surface area contributed by atoms with E-state index in [-0.39, 0.29) is 12.1 Å². The highest BCUT2D eigenvalue weighted by atomic mass is 16.6. The molecule has 0 spiro atoms. The zero-order valence-electron chi connectivity index (χ0n) is 13.2. The molecule has 0 aromatic rings. The monoisotopic (exact) mass is 298 g/mol. The summed E-state index contributed by atoms with van der Waals surface area (Å²) in [4.78, 5) is 26.6. The maximum Gasteiger partial charge on any atom is 0.410 e. The first-order chi connectivity index (χ1) is 9.78. The minimum Gasteiger partial charge on any atom is -0.465 e. The van der Waals surface area contributed by atoms with Crippen LogP contribution in [0.15, 0.2) is 0 Å². The van der Waals surface area contributed by atoms with Gasteiger partial charge in [-0.05, 0) is 52.4 Å². The van der Waals surface area contributed by atoms with Crippen LogP contribution in [0.1, 0.15) is 46.5 Å². The predicted octanol–water partition coefficient (Wildman–Crippen LogP) is 2.78. The van der Waals surface area contributed by atoms with Crippen molar-refractivity contribution in [3.8, 4) is 0 Å². The second-order valence-electron chi connectivity index (χ2n) is 6.99. The summed E-state index contributed by atoms with van der Waals surface area (Å²) in [5.41, 5.74) is -0.475. The Bertz CT molecular complexity index is 397. The normalized spacial score (nSPS) is 24.2. The maximum absolute atomic E-state index is 12.3. The molecule has 2 aliphatic rings. The van der Waals surface area contributed by atoms with Crippen molar-refractivity contribution in [3.63, 3.8) is 0 Å². The summed E-state index contributed by atoms with van der Waals surface area (Å²) < 4.78 is 5.48. The van der Waals surface area contributed by atoms with Crippen molar-refractivity contribution in [1.82, 2.24) is 9.80 Å². The van der Waals surface area contributed by atoms with E-state index in [0.717, 1.165) is 32.2 Å². The average Bonchev–Trinajstić information content (AvgIpc) is 2.86. The molecule has 0 unspecified atom stereocenters. The van der Waals surface area contributed by atoms with Crippen molar-refractivity contribution in [1.29, 1.82) is 0 Å². The Kier molecular flexibility index (Phi) is 4.64. The molecule has 120 valence electrons. The summed E-state index contributed by atoms with van der Waals surface area (Å²) in [5, 5.41) is 9.00. The van der Waals surface area contributed by atoms with Crippen molar-refractivity contribution in [2.45, 2.75) is 58.1 Å². The van der Waals surface area contributed by atoms with Gasteiger partial charge in [0.05, 0.1) is 0 Å². The molecule has 2 heterocycles. The smallest absolute Gasteiger partial charge is 0.410 e. The Balaban J connectivity index is 1.93. The summed E-state index contributed by atoms with van der Waals surface area (Å²) in [7, 11) is 0. The van der Waals surface area contributed by atoms with Crippen LogP contribution < -0.4 is 0 Å². The highest BCUT2D eigenvalue weighted by molar-refractivity contribution is 5.69. The highest BCUT2D eigenvalue weighted by Crippen LogP contribution is 2.32. The molecule has 0 aromatic heterocycles. The molecule has 21 heavy (non-hydrogen) atoms. The fourth-order valence-electron chi connectivity index (χ4n) is 3.31. The van der Waals surface area contributed by atoms with Crippen LogP contribution >= 0.6 is 0 Å². The van der Waals surface area contributed by atoms with Crippen molar-refractivity contribution >= 4 is 12.2 Å². The van der Waals surface area contributed by atoms with Crippen molar-refractivity contribution in [2.24, 2.45) is 5.92 Å². The number of hydrogen-bond acceptors (Lipinski definition) is 3. The number of carbonyl (C=O) groups excluding carboxylic acids is 1. The molecule has 2 fully saturated rings. The molecular formula is C15H26N2O4. The average molecular weight is 298 g/mol. The van der Waals surface area contributed by atoms with Gasteiger partial charge in [-0.15, -0.1) is 0 Å². The molecule has 2 rings (SSSR count). The summed E-state index contributed by atoms with van der Waals surface area (Å²) in [6, 6.07) is 0.204. The standard InChI is InChI=1S/C15H26N2O4/c1-15(2,3)21-14(20)17-8-4-5-12(17)11-6-9-16(10-7-11)13(18)19/h11-12H,4-10H2,1-3H3,(H,18,19)/t12-/m0/s1. The zero-order chi connectivity index (χ0) is 15.6. The van der Waals surface area contributed by atoms with Gasteiger partial charge >= 0.3 is 12.2 Å². The van der Waals surface area contributed by atoms with Crippen LogP contribution in [-0.4, -0.2) is 58.4 Å². The third-order valence-electron chi connectivity index (χ3n) is 4.28. The number of likely N-dealkylation sites (tertiary alicyclic amines) is 2. The number of nitrogens with zero attached hydrogens (tertiary/aromatic N) is 2. The van der Waals surface area contributed by atoms with E-state index in [1.807, 2.05) is 25.7 Å². The topological polar surface area (TPSA) is 70.1 Å². The third-order valence-corrected chi connectivity index (χ3v) is 4.28. The number of amides is 2. The quantitative estimate of drug-likeness (QED) is 0.808. The van der Waals surface area contributed by atoms with Gasteiger partial charge < -0.3 is 19.6 Å². The minimum atomic E-state index is -0.844. The molecule has 2 saturated heterocycles. The van der Waals surface area contributed by atoms with Crippen molar-refractivity contribution < 1.29 is 19.4 Å². The summed E-state index contributed by atoms with van der Waals surface area (Å²) in [6.07, 6.45) is 2.58. The number of ether oxygens (including phenoxy) is 1. The van der Waals surface area contributed by atoms with E-state index >= 15 is 0 Å². The Morgan fingerprint density at radius 1 is 1.10 bits per heavy atom. The number of piperidine rings is 1. The second kappa shape index (κ2) is 6.12. The molecule has 0 aliphatic carbocycles. The molecule has 0 aromatic carbocycles. The Hall–Kier alpha value is -1.46. The lowest BCUT2D eigenvalue weighted by Gasteiger charge is -2.37. The molecule has 6 nitrogen and oxygen atoms in total. The number of carboxylic acid groups (broad SMARTS) is 1. The lowest BCUT2D eigenvalue weighted by atomic mass is 9.88. The van der Waals surface area contributed by atoms with Crippen LogP contribution in [0, 0.1) is 5.92 Å². The van der Waals surface area contributed by atoms with E-state index in [4.69, 9.17) is 9.84 Å². The molecule has 2 amide bonds. The van der Waals surface area contributed by atoms with Gasteiger partial charge in [0.1, 0.15) is 5.60 Å². The molecule has 0 bridgehead atoms. The van der Waals surface area contributed by atoms with Crippen LogP contribution in [0.2, 0.25) is 0 Å². The van der Waals surface area contributed by atoms with Crippen LogP contribution in [0.5, 0.6) is 0 Å². The maximum atomic E-state index is 12.3. The van der Waals surface area contributed by atoms with Gasteiger partial charge in [-0.1, -0.05) is 0 Å². The largest absolute Gasteiger partial charge is 0.465 e. The molecular weight excluding hydrogens is 272 g/mol. The second-order valence-corrected chi connectivity index (χ2v) is 6.99. The zero-order valence-corrected chi connectivity index (χ0v) is 13.2. The Morgan fingerprint density at radius 2 is 1.71 bits per heavy atom. The molecule has 0 radical (unpaired) electrons. The van der Waals surface area contributed by atoms with E-state index in [2.05, 4.69) is 0 Å². The number of carbonyl (C=O) groups is 2. The van der Waals surface area contributed by atoms with Crippen molar-refractivity contribution in [3.05, 3.63) is 0 Å². The van der Waals surface area contributed by atoms with Gasteiger partial charge in [0.25, 0.3) is 0 Å². The van der Waals surface area contributed by atoms with Crippen LogP contribution in [0.25, 0.3) is 0 Å². The van der Waals surface area contributed by atoms with E-state index in [9.17, 15) is 9.59 Å². The fourth-order valence-corrected chi connectivity index (χ4v) is 3.31. The Morgan fingerprint density at radius 3 is 2.24 bits per heavy atom. The number of hydrogen-bond donors (Lipinski definition) is 1. The lowest BCUT2D eigenvalue weighted by molar-refractivity contribution is 0.0135. The van der Waals surface area contributed by atoms with E-state index in [1.54, 1.807) is 0 Å². The fraction of sp³-hybridized carbons (Fsp3) is 0.867. The first-order valence-corrected chi connectivity index (χ1v) is 7.75. The van der Waals surface area contributed by atoms with Gasteiger partial charge in [0, 0.05) is 25.7 Å². The third kappa shape index (κ3) is 4.02. The summed E-state index contributed by atoms with van der Waals surface area (Å²) in [6.45, 7) is 7.51. The summed E-state index contributed by atoms with van der Waals surface area (Å²) in [5.74, 6) is 0.385. The predicted molar refractivity (Wildman–Crippen MR) is 78.3 cm³/mol. The van der Waals surface area contributed by atoms with Gasteiger partial charge in [-0.2, -0.15) is 0 Å². The first kappa shape index (κ1) is 15.9. The van der Waals surface area contributed by atoms with E-state index < -0.39 is 11.7 Å². The summed E-state index contributed by atoms with van der Waals surface area (Å²) >= 11 is 0. The van der Waals surface area contributed by atoms with Gasteiger partial charge in [-0.3, -0.25) is 0 Å². The molecule has 1 N–H and O–H groups in total. The molecule has 1 atom stereocenters. The molecule has 0 saturated carbocycles. The van der Waals surface area contributed by atoms with E-state index in [1.165, 1.54) is 4.90 Å². The van der Waals surface area contributed by atoms with Crippen molar-refractivity contribution in [2.75, 3.05) is 19.6 Å². The molecule has 2 aliphatic heterocycles. The van der Waals surface area contributed by atoms with Crippen LogP contribution in [0.3, 0.4) is 0 Å². The highest BCUT2D eigenvalue weighted by Gasteiger charge is 2.38. The van der Waals surface area contributed by atoms with Gasteiger partial charge in [0.2, 0.25) is 0 Å². The Labute approximate surface area is 126 Å². The van der Waals surface area contributed by atoms with Gasteiger partial charge in [0.15, 0.2) is 0 Å². The first-order valence-electron chi connectivity index (χ1n) is 7.75. The SMILES string of the molecule is CC(C)(C)OC(=O)N1CCC[C@H]1C1CCN(C(=O)O)CC1. The van der Waals surface area contributed by atoms with Gasteiger partial charge in [-0.25, -0.2) is 9.59 Å². The van der Waals surface area contributed by atoms with E-state index in [0.29, 0.717) is 19.0 Å².